The van der Waals surface area contributed by atoms with E-state index >= 15 is 0 Å². The van der Waals surface area contributed by atoms with Crippen molar-refractivity contribution in [2.75, 3.05) is 6.54 Å². The molecule has 0 atom stereocenters. The molecule has 22 heavy (non-hydrogen) atoms. The van der Waals surface area contributed by atoms with E-state index in [2.05, 4.69) is 10.2 Å². The van der Waals surface area contributed by atoms with Gasteiger partial charge < -0.3 is 16.6 Å². The monoisotopic (exact) mass is 304 g/mol. The number of nitrogens with two attached hydrogens (primary N) is 2. The lowest BCUT2D eigenvalue weighted by atomic mass is 9.99. The van der Waals surface area contributed by atoms with Crippen LogP contribution in [0.3, 0.4) is 0 Å². The zero-order valence-corrected chi connectivity index (χ0v) is 13.3. The van der Waals surface area contributed by atoms with Crippen LogP contribution < -0.4 is 11.5 Å². The summed E-state index contributed by atoms with van der Waals surface area (Å²) >= 11 is 0. The van der Waals surface area contributed by atoms with E-state index in [1.165, 1.54) is 0 Å². The van der Waals surface area contributed by atoms with E-state index in [9.17, 15) is 5.11 Å². The number of aliphatic hydroxyl groups is 1. The van der Waals surface area contributed by atoms with Gasteiger partial charge in [0, 0.05) is 11.8 Å². The molecule has 0 spiro atoms. The van der Waals surface area contributed by atoms with Gasteiger partial charge in [-0.25, -0.2) is 0 Å². The molecule has 6 N–H and O–H groups in total. The standard InChI is InChI=1S/C13H17N5O.C2H7N/c1-12(2,19)8-4-3-7-18-9(8)16-17-11(18)13(5-6-13)10(14)15;1-2-3/h3-4,7,19H,5-6H2,1-2H3,(H3,14,15);2-3H2,1H3. The van der Waals surface area contributed by atoms with Crippen LogP contribution in [0.15, 0.2) is 18.3 Å². The highest BCUT2D eigenvalue weighted by Gasteiger charge is 2.51. The third-order valence-electron chi connectivity index (χ3n) is 3.79. The lowest BCUT2D eigenvalue weighted by molar-refractivity contribution is 0.0796. The average molecular weight is 304 g/mol. The summed E-state index contributed by atoms with van der Waals surface area (Å²) in [5.41, 5.74) is 10.4. The van der Waals surface area contributed by atoms with Gasteiger partial charge in [-0.05, 0) is 39.3 Å². The maximum Gasteiger partial charge on any atom is 0.166 e. The first-order valence-electron chi connectivity index (χ1n) is 7.39. The predicted octanol–water partition coefficient (Wildman–Crippen LogP) is 0.889. The van der Waals surface area contributed by atoms with Crippen molar-refractivity contribution < 1.29 is 5.11 Å². The second-order valence-electron chi connectivity index (χ2n) is 6.10. The molecule has 0 saturated heterocycles. The molecule has 0 amide bonds. The minimum absolute atomic E-state index is 0.135. The SMILES string of the molecule is CC(C)(O)c1cccn2c(C3(C(=N)N)CC3)nnc12.CCN. The molecule has 1 fully saturated rings. The molecule has 0 bridgehead atoms. The Morgan fingerprint density at radius 2 is 2.05 bits per heavy atom. The Hall–Kier alpha value is -1.99. The van der Waals surface area contributed by atoms with Crippen LogP contribution in [0, 0.1) is 5.41 Å². The van der Waals surface area contributed by atoms with Crippen LogP contribution in [0.25, 0.3) is 5.65 Å². The molecule has 0 aliphatic heterocycles. The number of hydrogen-bond donors (Lipinski definition) is 4. The summed E-state index contributed by atoms with van der Waals surface area (Å²) in [6.45, 7) is 6.09. The molecule has 120 valence electrons. The quantitative estimate of drug-likeness (QED) is 0.495. The van der Waals surface area contributed by atoms with Crippen molar-refractivity contribution in [2.45, 2.75) is 44.6 Å². The first kappa shape index (κ1) is 16.4. The van der Waals surface area contributed by atoms with Crippen molar-refractivity contribution in [3.05, 3.63) is 29.7 Å². The van der Waals surface area contributed by atoms with Gasteiger partial charge in [0.2, 0.25) is 0 Å². The van der Waals surface area contributed by atoms with Crippen LogP contribution >= 0.6 is 0 Å². The minimum atomic E-state index is -0.986. The Kier molecular flexibility index (Phi) is 4.21. The van der Waals surface area contributed by atoms with E-state index in [-0.39, 0.29) is 5.84 Å². The number of fused-ring (bicyclic) bond motifs is 1. The van der Waals surface area contributed by atoms with Gasteiger partial charge in [0.1, 0.15) is 5.84 Å². The number of nitrogens with zero attached hydrogens (tertiary/aromatic N) is 3. The normalized spacial score (nSPS) is 16.0. The fraction of sp³-hybridized carbons (Fsp3) is 0.533. The summed E-state index contributed by atoms with van der Waals surface area (Å²) in [5.74, 6) is 0.830. The molecule has 0 unspecified atom stereocenters. The Balaban J connectivity index is 0.000000545. The van der Waals surface area contributed by atoms with Crippen molar-refractivity contribution in [3.63, 3.8) is 0 Å². The Labute approximate surface area is 129 Å². The molecular formula is C15H24N6O. The molecule has 7 nitrogen and oxygen atoms in total. The highest BCUT2D eigenvalue weighted by atomic mass is 16.3. The molecule has 1 saturated carbocycles. The largest absolute Gasteiger partial charge is 0.387 e. The number of amidine groups is 1. The number of aromatic nitrogens is 3. The first-order chi connectivity index (χ1) is 10.3. The van der Waals surface area contributed by atoms with Crippen molar-refractivity contribution >= 4 is 11.5 Å². The molecule has 2 aromatic rings. The molecule has 3 rings (SSSR count). The zero-order valence-electron chi connectivity index (χ0n) is 13.3. The molecule has 1 aliphatic carbocycles. The van der Waals surface area contributed by atoms with Gasteiger partial charge in [-0.3, -0.25) is 9.81 Å². The Morgan fingerprint density at radius 3 is 2.50 bits per heavy atom. The van der Waals surface area contributed by atoms with Gasteiger partial charge in [0.15, 0.2) is 11.5 Å². The maximum absolute atomic E-state index is 10.2. The van der Waals surface area contributed by atoms with E-state index in [1.54, 1.807) is 13.8 Å². The van der Waals surface area contributed by atoms with E-state index in [0.29, 0.717) is 17.0 Å². The third-order valence-corrected chi connectivity index (χ3v) is 3.79. The minimum Gasteiger partial charge on any atom is -0.387 e. The highest BCUT2D eigenvalue weighted by Crippen LogP contribution is 2.47. The number of pyridine rings is 1. The number of hydrogen-bond acceptors (Lipinski definition) is 5. The lowest BCUT2D eigenvalue weighted by Gasteiger charge is -2.18. The van der Waals surface area contributed by atoms with E-state index in [1.807, 2.05) is 29.7 Å². The van der Waals surface area contributed by atoms with Crippen LogP contribution in [0.2, 0.25) is 0 Å². The second-order valence-corrected chi connectivity index (χ2v) is 6.10. The Morgan fingerprint density at radius 1 is 1.45 bits per heavy atom. The summed E-state index contributed by atoms with van der Waals surface area (Å²) in [6, 6.07) is 3.69. The van der Waals surface area contributed by atoms with Crippen LogP contribution in [0.1, 0.15) is 45.0 Å². The molecule has 2 aromatic heterocycles. The van der Waals surface area contributed by atoms with Gasteiger partial charge in [-0.2, -0.15) is 0 Å². The summed E-state index contributed by atoms with van der Waals surface area (Å²) < 4.78 is 1.84. The highest BCUT2D eigenvalue weighted by molar-refractivity contribution is 5.91. The van der Waals surface area contributed by atoms with Gasteiger partial charge in [0.25, 0.3) is 0 Å². The fourth-order valence-electron chi connectivity index (χ4n) is 2.46. The molecule has 7 heteroatoms. The van der Waals surface area contributed by atoms with E-state index < -0.39 is 11.0 Å². The van der Waals surface area contributed by atoms with Crippen molar-refractivity contribution in [1.29, 1.82) is 5.41 Å². The Bertz CT molecular complexity index is 681. The molecule has 1 aliphatic rings. The van der Waals surface area contributed by atoms with Crippen molar-refractivity contribution in [3.8, 4) is 0 Å². The topological polar surface area (TPSA) is 126 Å². The summed E-state index contributed by atoms with van der Waals surface area (Å²) in [6.07, 6.45) is 3.51. The summed E-state index contributed by atoms with van der Waals surface area (Å²) in [5, 5.41) is 26.3. The van der Waals surface area contributed by atoms with Crippen LogP contribution in [-0.4, -0.2) is 32.1 Å². The number of nitrogens with one attached hydrogen (secondary N) is 1. The summed E-state index contributed by atoms with van der Waals surface area (Å²) in [4.78, 5) is 0. The van der Waals surface area contributed by atoms with Gasteiger partial charge in [0.05, 0.1) is 11.0 Å². The van der Waals surface area contributed by atoms with E-state index in [0.717, 1.165) is 19.4 Å². The lowest BCUT2D eigenvalue weighted by Crippen LogP contribution is -2.29. The van der Waals surface area contributed by atoms with Gasteiger partial charge >= 0.3 is 0 Å². The third kappa shape index (κ3) is 2.69. The average Bonchev–Trinajstić information content (AvgIpc) is 3.12. The second kappa shape index (κ2) is 5.66. The van der Waals surface area contributed by atoms with E-state index in [4.69, 9.17) is 16.9 Å². The van der Waals surface area contributed by atoms with Gasteiger partial charge in [-0.1, -0.05) is 13.0 Å². The molecule has 2 heterocycles. The van der Waals surface area contributed by atoms with Crippen molar-refractivity contribution in [2.24, 2.45) is 11.5 Å². The van der Waals surface area contributed by atoms with Gasteiger partial charge in [-0.15, -0.1) is 10.2 Å². The maximum atomic E-state index is 10.2. The molecule has 0 radical (unpaired) electrons. The number of rotatable bonds is 3. The fourth-order valence-corrected chi connectivity index (χ4v) is 2.46. The van der Waals surface area contributed by atoms with Crippen LogP contribution in [0.5, 0.6) is 0 Å². The first-order valence-corrected chi connectivity index (χ1v) is 7.39. The van der Waals surface area contributed by atoms with Crippen LogP contribution in [-0.2, 0) is 11.0 Å². The molecule has 0 aromatic carbocycles. The predicted molar refractivity (Wildman–Crippen MR) is 85.8 cm³/mol. The van der Waals surface area contributed by atoms with Crippen molar-refractivity contribution in [1.82, 2.24) is 14.6 Å². The zero-order chi connectivity index (χ0) is 16.5. The summed E-state index contributed by atoms with van der Waals surface area (Å²) in [7, 11) is 0. The van der Waals surface area contributed by atoms with Crippen LogP contribution in [0.4, 0.5) is 0 Å². The molecular weight excluding hydrogens is 280 g/mol. The smallest absolute Gasteiger partial charge is 0.166 e.